The van der Waals surface area contributed by atoms with Gasteiger partial charge in [0.05, 0.1) is 0 Å². The van der Waals surface area contributed by atoms with Crippen molar-refractivity contribution in [2.45, 2.75) is 31.7 Å². The third-order valence-electron chi connectivity index (χ3n) is 5.58. The fourth-order valence-corrected chi connectivity index (χ4v) is 3.94. The molecule has 0 bridgehead atoms. The van der Waals surface area contributed by atoms with Crippen molar-refractivity contribution in [1.82, 2.24) is 5.32 Å². The molecule has 4 rings (SSSR count). The molecule has 1 N–H and O–H groups in total. The highest BCUT2D eigenvalue weighted by Gasteiger charge is 2.47. The summed E-state index contributed by atoms with van der Waals surface area (Å²) in [6.45, 7) is 1.71. The van der Waals surface area contributed by atoms with Crippen LogP contribution in [0.2, 0.25) is 0 Å². The molecule has 0 radical (unpaired) electrons. The van der Waals surface area contributed by atoms with Gasteiger partial charge < -0.3 is 14.8 Å². The van der Waals surface area contributed by atoms with Crippen LogP contribution in [0.1, 0.15) is 25.7 Å². The Morgan fingerprint density at radius 2 is 1.92 bits per heavy atom. The van der Waals surface area contributed by atoms with Gasteiger partial charge in [-0.25, -0.2) is 0 Å². The van der Waals surface area contributed by atoms with E-state index in [0.717, 1.165) is 43.6 Å². The second-order valence-corrected chi connectivity index (χ2v) is 6.93. The van der Waals surface area contributed by atoms with Crippen molar-refractivity contribution < 1.29 is 14.3 Å². The Hall–Kier alpha value is -2.07. The summed E-state index contributed by atoms with van der Waals surface area (Å²) in [6, 6.07) is 14.3. The number of carbonyl (C=O) groups excluding carboxylic acids is 1. The lowest BCUT2D eigenvalue weighted by molar-refractivity contribution is -0.129. The van der Waals surface area contributed by atoms with Gasteiger partial charge in [0.2, 0.25) is 0 Å². The second kappa shape index (κ2) is 6.44. The monoisotopic (exact) mass is 325 g/mol. The molecule has 1 heterocycles. The zero-order valence-electron chi connectivity index (χ0n) is 13.8. The van der Waals surface area contributed by atoms with Gasteiger partial charge in [-0.1, -0.05) is 30.3 Å². The first-order chi connectivity index (χ1) is 11.8. The first kappa shape index (κ1) is 15.5. The highest BCUT2D eigenvalue weighted by molar-refractivity contribution is 5.84. The summed E-state index contributed by atoms with van der Waals surface area (Å²) >= 11 is 0. The lowest BCUT2D eigenvalue weighted by Crippen LogP contribution is -2.57. The van der Waals surface area contributed by atoms with Gasteiger partial charge in [-0.3, -0.25) is 4.79 Å². The zero-order chi connectivity index (χ0) is 16.4. The maximum absolute atomic E-state index is 12.2. The first-order valence-corrected chi connectivity index (χ1v) is 8.74. The van der Waals surface area contributed by atoms with Crippen molar-refractivity contribution in [3.63, 3.8) is 0 Å². The number of rotatable bonds is 4. The summed E-state index contributed by atoms with van der Waals surface area (Å²) in [5.74, 6) is 0.706. The van der Waals surface area contributed by atoms with Gasteiger partial charge >= 0.3 is 0 Å². The van der Waals surface area contributed by atoms with Crippen molar-refractivity contribution in [3.8, 4) is 5.75 Å². The van der Waals surface area contributed by atoms with E-state index in [1.54, 1.807) is 0 Å². The molecule has 4 heteroatoms. The van der Waals surface area contributed by atoms with E-state index >= 15 is 0 Å². The lowest BCUT2D eigenvalue weighted by Gasteiger charge is -2.52. The van der Waals surface area contributed by atoms with Gasteiger partial charge in [0, 0.05) is 19.3 Å². The van der Waals surface area contributed by atoms with E-state index in [0.29, 0.717) is 0 Å². The molecule has 24 heavy (non-hydrogen) atoms. The normalized spacial score (nSPS) is 22.1. The summed E-state index contributed by atoms with van der Waals surface area (Å²) < 4.78 is 11.1. The predicted molar refractivity (Wildman–Crippen MR) is 93.1 cm³/mol. The van der Waals surface area contributed by atoms with Crippen LogP contribution in [0.3, 0.4) is 0 Å². The van der Waals surface area contributed by atoms with Crippen LogP contribution in [0.15, 0.2) is 42.5 Å². The molecule has 2 aliphatic rings. The summed E-state index contributed by atoms with van der Waals surface area (Å²) in [5.41, 5.74) is 0.275. The zero-order valence-corrected chi connectivity index (χ0v) is 13.8. The van der Waals surface area contributed by atoms with Crippen LogP contribution in [0.5, 0.6) is 5.75 Å². The average Bonchev–Trinajstić information content (AvgIpc) is 2.64. The molecule has 1 saturated heterocycles. The van der Waals surface area contributed by atoms with Gasteiger partial charge in [-0.15, -0.1) is 0 Å². The van der Waals surface area contributed by atoms with Gasteiger partial charge in [0.15, 0.2) is 6.61 Å². The fourth-order valence-electron chi connectivity index (χ4n) is 3.94. The number of hydrogen-bond acceptors (Lipinski definition) is 3. The standard InChI is InChI=1S/C20H23NO3/c22-19(21-18-7-8-20(18)9-11-23-12-10-20)14-24-17-6-5-15-3-1-2-4-16(15)13-17/h1-6,13,18H,7-12,14H2,(H,21,22). The highest BCUT2D eigenvalue weighted by atomic mass is 16.5. The minimum absolute atomic E-state index is 0.0290. The van der Waals surface area contributed by atoms with Crippen molar-refractivity contribution in [2.24, 2.45) is 5.41 Å². The van der Waals surface area contributed by atoms with Gasteiger partial charge in [0.1, 0.15) is 5.75 Å². The second-order valence-electron chi connectivity index (χ2n) is 6.93. The topological polar surface area (TPSA) is 47.6 Å². The average molecular weight is 325 g/mol. The van der Waals surface area contributed by atoms with Crippen LogP contribution in [0.4, 0.5) is 0 Å². The third kappa shape index (κ3) is 2.98. The Morgan fingerprint density at radius 3 is 2.67 bits per heavy atom. The molecular weight excluding hydrogens is 302 g/mol. The lowest BCUT2D eigenvalue weighted by atomic mass is 9.60. The Morgan fingerprint density at radius 1 is 1.12 bits per heavy atom. The minimum Gasteiger partial charge on any atom is -0.484 e. The quantitative estimate of drug-likeness (QED) is 0.938. The molecule has 1 atom stereocenters. The summed E-state index contributed by atoms with van der Waals surface area (Å²) in [7, 11) is 0. The van der Waals surface area contributed by atoms with Crippen LogP contribution in [-0.2, 0) is 9.53 Å². The van der Waals surface area contributed by atoms with Crippen LogP contribution >= 0.6 is 0 Å². The molecule has 2 aromatic rings. The van der Waals surface area contributed by atoms with Gasteiger partial charge in [-0.05, 0) is 54.0 Å². The Balaban J connectivity index is 1.33. The number of ether oxygens (including phenoxy) is 2. The van der Waals surface area contributed by atoms with Crippen LogP contribution < -0.4 is 10.1 Å². The summed E-state index contributed by atoms with van der Waals surface area (Å²) in [6.07, 6.45) is 4.39. The SMILES string of the molecule is O=C(COc1ccc2ccccc2c1)NC1CCC12CCOCC2. The molecule has 1 aliphatic heterocycles. The maximum Gasteiger partial charge on any atom is 0.258 e. The first-order valence-electron chi connectivity index (χ1n) is 8.74. The van der Waals surface area contributed by atoms with Crippen LogP contribution in [0.25, 0.3) is 10.8 Å². The van der Waals surface area contributed by atoms with Gasteiger partial charge in [0.25, 0.3) is 5.91 Å². The molecule has 2 fully saturated rings. The molecule has 0 aromatic heterocycles. The third-order valence-corrected chi connectivity index (χ3v) is 5.58. The predicted octanol–water partition coefficient (Wildman–Crippen LogP) is 3.29. The van der Waals surface area contributed by atoms with E-state index in [9.17, 15) is 4.79 Å². The van der Waals surface area contributed by atoms with E-state index in [4.69, 9.17) is 9.47 Å². The molecule has 1 unspecified atom stereocenters. The number of nitrogens with one attached hydrogen (secondary N) is 1. The van der Waals surface area contributed by atoms with Crippen LogP contribution in [0, 0.1) is 5.41 Å². The van der Waals surface area contributed by atoms with E-state index in [2.05, 4.69) is 11.4 Å². The number of amides is 1. The largest absolute Gasteiger partial charge is 0.484 e. The molecule has 2 aromatic carbocycles. The van der Waals surface area contributed by atoms with Crippen molar-refractivity contribution in [1.29, 1.82) is 0 Å². The maximum atomic E-state index is 12.2. The fraction of sp³-hybridized carbons (Fsp3) is 0.450. The smallest absolute Gasteiger partial charge is 0.258 e. The van der Waals surface area contributed by atoms with E-state index < -0.39 is 0 Å². The van der Waals surface area contributed by atoms with Crippen molar-refractivity contribution >= 4 is 16.7 Å². The molecule has 1 spiro atoms. The van der Waals surface area contributed by atoms with E-state index in [1.807, 2.05) is 36.4 Å². The van der Waals surface area contributed by atoms with Crippen LogP contribution in [-0.4, -0.2) is 31.8 Å². The molecule has 4 nitrogen and oxygen atoms in total. The Bertz CT molecular complexity index is 736. The molecular formula is C20H23NO3. The number of benzene rings is 2. The van der Waals surface area contributed by atoms with Crippen molar-refractivity contribution in [3.05, 3.63) is 42.5 Å². The highest BCUT2D eigenvalue weighted by Crippen LogP contribution is 2.48. The molecule has 1 aliphatic carbocycles. The Kier molecular flexibility index (Phi) is 4.15. The minimum atomic E-state index is -0.0290. The number of hydrogen-bond donors (Lipinski definition) is 1. The summed E-state index contributed by atoms with van der Waals surface area (Å²) in [5, 5.41) is 5.46. The molecule has 126 valence electrons. The summed E-state index contributed by atoms with van der Waals surface area (Å²) in [4.78, 5) is 12.2. The number of carbonyl (C=O) groups is 1. The Labute approximate surface area is 142 Å². The van der Waals surface area contributed by atoms with E-state index in [-0.39, 0.29) is 24.0 Å². The van der Waals surface area contributed by atoms with E-state index in [1.165, 1.54) is 11.8 Å². The van der Waals surface area contributed by atoms with Gasteiger partial charge in [-0.2, -0.15) is 0 Å². The number of fused-ring (bicyclic) bond motifs is 1. The molecule has 1 saturated carbocycles. The molecule has 1 amide bonds. The van der Waals surface area contributed by atoms with Crippen molar-refractivity contribution in [2.75, 3.05) is 19.8 Å².